The second-order valence-corrected chi connectivity index (χ2v) is 6.61. The Morgan fingerprint density at radius 1 is 1.45 bits per heavy atom. The highest BCUT2D eigenvalue weighted by Gasteiger charge is 2.25. The zero-order valence-electron chi connectivity index (χ0n) is 12.7. The minimum Gasteiger partial charge on any atom is -0.338 e. The zero-order chi connectivity index (χ0) is 15.4. The fraction of sp³-hybridized carbons (Fsp3) is 0.438. The molecule has 0 saturated carbocycles. The van der Waals surface area contributed by atoms with E-state index in [9.17, 15) is 4.79 Å². The number of piperidine rings is 1. The maximum atomic E-state index is 12.7. The van der Waals surface area contributed by atoms with Crippen molar-refractivity contribution in [2.45, 2.75) is 12.8 Å². The fourth-order valence-electron chi connectivity index (χ4n) is 2.86. The van der Waals surface area contributed by atoms with Gasteiger partial charge in [0.1, 0.15) is 9.88 Å². The first-order chi connectivity index (χ1) is 10.8. The summed E-state index contributed by atoms with van der Waals surface area (Å²) in [5.41, 5.74) is 1.01. The summed E-state index contributed by atoms with van der Waals surface area (Å²) in [6.07, 6.45) is 7.45. The van der Waals surface area contributed by atoms with Crippen LogP contribution in [0.1, 0.15) is 22.5 Å². The molecule has 22 heavy (non-hydrogen) atoms. The number of hydrogen-bond acceptors (Lipinski definition) is 5. The van der Waals surface area contributed by atoms with Crippen molar-refractivity contribution in [1.29, 1.82) is 0 Å². The van der Waals surface area contributed by atoms with Gasteiger partial charge in [0.25, 0.3) is 5.91 Å². The lowest BCUT2D eigenvalue weighted by Gasteiger charge is -2.32. The van der Waals surface area contributed by atoms with E-state index in [2.05, 4.69) is 15.3 Å². The number of pyridine rings is 1. The highest BCUT2D eigenvalue weighted by atomic mass is 32.1. The molecule has 1 aliphatic rings. The summed E-state index contributed by atoms with van der Waals surface area (Å²) in [6.45, 7) is 2.65. The van der Waals surface area contributed by atoms with Gasteiger partial charge in [-0.15, -0.1) is 11.3 Å². The van der Waals surface area contributed by atoms with E-state index in [0.29, 0.717) is 5.92 Å². The predicted octanol–water partition coefficient (Wildman–Crippen LogP) is 2.28. The van der Waals surface area contributed by atoms with Crippen LogP contribution in [0, 0.1) is 5.92 Å². The molecular formula is C16H20N4OS. The van der Waals surface area contributed by atoms with Crippen LogP contribution in [0.5, 0.6) is 0 Å². The van der Waals surface area contributed by atoms with E-state index in [0.717, 1.165) is 41.5 Å². The van der Waals surface area contributed by atoms with Gasteiger partial charge in [0.15, 0.2) is 0 Å². The number of nitrogens with one attached hydrogen (secondary N) is 1. The van der Waals surface area contributed by atoms with E-state index in [4.69, 9.17) is 0 Å². The second-order valence-electron chi connectivity index (χ2n) is 5.58. The Kier molecular flexibility index (Phi) is 4.80. The first-order valence-corrected chi connectivity index (χ1v) is 8.39. The molecule has 3 rings (SSSR count). The molecule has 1 aliphatic heterocycles. The number of rotatable bonds is 4. The number of aromatic nitrogens is 2. The number of carbonyl (C=O) groups is 1. The van der Waals surface area contributed by atoms with Crippen molar-refractivity contribution in [1.82, 2.24) is 20.2 Å². The largest absolute Gasteiger partial charge is 0.338 e. The summed E-state index contributed by atoms with van der Waals surface area (Å²) >= 11 is 1.46. The summed E-state index contributed by atoms with van der Waals surface area (Å²) < 4.78 is 0. The molecule has 1 fully saturated rings. The molecule has 5 nitrogen and oxygen atoms in total. The van der Waals surface area contributed by atoms with Crippen molar-refractivity contribution >= 4 is 17.2 Å². The fourth-order valence-corrected chi connectivity index (χ4v) is 3.75. The first-order valence-electron chi connectivity index (χ1n) is 7.58. The lowest BCUT2D eigenvalue weighted by atomic mass is 9.98. The van der Waals surface area contributed by atoms with Crippen LogP contribution in [0.25, 0.3) is 10.6 Å². The van der Waals surface area contributed by atoms with Gasteiger partial charge in [0.05, 0.1) is 6.20 Å². The molecule has 0 aliphatic carbocycles. The number of amides is 1. The van der Waals surface area contributed by atoms with Crippen molar-refractivity contribution < 1.29 is 4.79 Å². The summed E-state index contributed by atoms with van der Waals surface area (Å²) in [7, 11) is 1.96. The third-order valence-electron chi connectivity index (χ3n) is 3.94. The summed E-state index contributed by atoms with van der Waals surface area (Å²) in [6, 6.07) is 3.83. The van der Waals surface area contributed by atoms with E-state index in [1.165, 1.54) is 17.8 Å². The van der Waals surface area contributed by atoms with Crippen LogP contribution < -0.4 is 5.32 Å². The maximum Gasteiger partial charge on any atom is 0.265 e. The Hall–Kier alpha value is -1.79. The van der Waals surface area contributed by atoms with Crippen LogP contribution in [-0.4, -0.2) is 47.5 Å². The first kappa shape index (κ1) is 15.1. The van der Waals surface area contributed by atoms with Gasteiger partial charge < -0.3 is 10.2 Å². The van der Waals surface area contributed by atoms with E-state index < -0.39 is 0 Å². The van der Waals surface area contributed by atoms with Crippen LogP contribution in [-0.2, 0) is 0 Å². The maximum absolute atomic E-state index is 12.7. The van der Waals surface area contributed by atoms with Gasteiger partial charge in [-0.25, -0.2) is 4.98 Å². The molecule has 1 N–H and O–H groups in total. The molecule has 3 heterocycles. The van der Waals surface area contributed by atoms with Crippen molar-refractivity contribution in [3.63, 3.8) is 0 Å². The molecule has 0 spiro atoms. The van der Waals surface area contributed by atoms with Crippen molar-refractivity contribution in [2.75, 3.05) is 26.7 Å². The van der Waals surface area contributed by atoms with E-state index in [1.807, 2.05) is 24.1 Å². The number of hydrogen-bond donors (Lipinski definition) is 1. The predicted molar refractivity (Wildman–Crippen MR) is 87.9 cm³/mol. The molecular weight excluding hydrogens is 296 g/mol. The SMILES string of the molecule is CNC[C@@H]1CCCN(C(=O)c2cnc(-c3ccncc3)s2)C1. The van der Waals surface area contributed by atoms with Crippen molar-refractivity contribution in [3.05, 3.63) is 35.6 Å². The third-order valence-corrected chi connectivity index (χ3v) is 4.98. The molecule has 0 bridgehead atoms. The molecule has 6 heteroatoms. The Labute approximate surface area is 134 Å². The van der Waals surface area contributed by atoms with Gasteiger partial charge >= 0.3 is 0 Å². The van der Waals surface area contributed by atoms with Crippen LogP contribution in [0.15, 0.2) is 30.7 Å². The molecule has 2 aromatic heterocycles. The summed E-state index contributed by atoms with van der Waals surface area (Å²) in [5.74, 6) is 0.661. The lowest BCUT2D eigenvalue weighted by Crippen LogP contribution is -2.42. The van der Waals surface area contributed by atoms with E-state index in [1.54, 1.807) is 18.6 Å². The molecule has 0 radical (unpaired) electrons. The van der Waals surface area contributed by atoms with Gasteiger partial charge in [-0.2, -0.15) is 0 Å². The van der Waals surface area contributed by atoms with Crippen molar-refractivity contribution in [2.24, 2.45) is 5.92 Å². The molecule has 1 saturated heterocycles. The van der Waals surface area contributed by atoms with Crippen LogP contribution in [0.3, 0.4) is 0 Å². The molecule has 1 amide bonds. The van der Waals surface area contributed by atoms with Gasteiger partial charge in [-0.1, -0.05) is 0 Å². The van der Waals surface area contributed by atoms with Gasteiger partial charge in [0.2, 0.25) is 0 Å². The monoisotopic (exact) mass is 316 g/mol. The number of carbonyl (C=O) groups excluding carboxylic acids is 1. The molecule has 0 unspecified atom stereocenters. The number of thiazole rings is 1. The molecule has 1 atom stereocenters. The smallest absolute Gasteiger partial charge is 0.265 e. The van der Waals surface area contributed by atoms with Crippen molar-refractivity contribution in [3.8, 4) is 10.6 Å². The van der Waals surface area contributed by atoms with Gasteiger partial charge in [-0.05, 0) is 44.5 Å². The van der Waals surface area contributed by atoms with Crippen LogP contribution in [0.4, 0.5) is 0 Å². The van der Waals surface area contributed by atoms with Crippen LogP contribution >= 0.6 is 11.3 Å². The number of nitrogens with zero attached hydrogens (tertiary/aromatic N) is 3. The molecule has 116 valence electrons. The molecule has 0 aromatic carbocycles. The highest BCUT2D eigenvalue weighted by molar-refractivity contribution is 7.16. The normalized spacial score (nSPS) is 18.4. The average Bonchev–Trinajstić information content (AvgIpc) is 3.05. The number of likely N-dealkylation sites (tertiary alicyclic amines) is 1. The minimum atomic E-state index is 0.110. The topological polar surface area (TPSA) is 58.1 Å². The van der Waals surface area contributed by atoms with Gasteiger partial charge in [0, 0.05) is 31.0 Å². The second kappa shape index (κ2) is 6.98. The third kappa shape index (κ3) is 3.34. The lowest BCUT2D eigenvalue weighted by molar-refractivity contribution is 0.0679. The quantitative estimate of drug-likeness (QED) is 0.940. The minimum absolute atomic E-state index is 0.110. The standard InChI is InChI=1S/C16H20N4OS/c1-17-9-12-3-2-8-20(11-12)16(21)14-10-19-15(22-14)13-4-6-18-7-5-13/h4-7,10,12,17H,2-3,8-9,11H2,1H3/t12-/m0/s1. The van der Waals surface area contributed by atoms with E-state index >= 15 is 0 Å². The summed E-state index contributed by atoms with van der Waals surface area (Å²) in [5, 5.41) is 4.08. The Morgan fingerprint density at radius 3 is 3.05 bits per heavy atom. The Morgan fingerprint density at radius 2 is 2.27 bits per heavy atom. The van der Waals surface area contributed by atoms with Gasteiger partial charge in [-0.3, -0.25) is 9.78 Å². The molecule has 2 aromatic rings. The highest BCUT2D eigenvalue weighted by Crippen LogP contribution is 2.26. The summed E-state index contributed by atoms with van der Waals surface area (Å²) in [4.78, 5) is 23.7. The zero-order valence-corrected chi connectivity index (χ0v) is 13.5. The average molecular weight is 316 g/mol. The van der Waals surface area contributed by atoms with Crippen LogP contribution in [0.2, 0.25) is 0 Å². The Balaban J connectivity index is 1.71. The Bertz CT molecular complexity index is 626. The van der Waals surface area contributed by atoms with E-state index in [-0.39, 0.29) is 5.91 Å².